The summed E-state index contributed by atoms with van der Waals surface area (Å²) in [6.07, 6.45) is 0. The Labute approximate surface area is 78.9 Å². The predicted octanol–water partition coefficient (Wildman–Crippen LogP) is 1.04. The summed E-state index contributed by atoms with van der Waals surface area (Å²) in [5.41, 5.74) is -0.389. The van der Waals surface area contributed by atoms with Crippen LogP contribution in [0.2, 0.25) is 0 Å². The van der Waals surface area contributed by atoms with Gasteiger partial charge >= 0.3 is 0 Å². The minimum absolute atomic E-state index is 0.0616. The highest BCUT2D eigenvalue weighted by Gasteiger charge is 2.21. The van der Waals surface area contributed by atoms with Gasteiger partial charge < -0.3 is 10.6 Å². The van der Waals surface area contributed by atoms with Crippen molar-refractivity contribution < 1.29 is 4.79 Å². The van der Waals surface area contributed by atoms with E-state index in [4.69, 9.17) is 12.2 Å². The van der Waals surface area contributed by atoms with Crippen molar-refractivity contribution in [1.29, 1.82) is 0 Å². The van der Waals surface area contributed by atoms with Crippen LogP contribution in [0.15, 0.2) is 0 Å². The van der Waals surface area contributed by atoms with Crippen molar-refractivity contribution in [2.24, 2.45) is 5.41 Å². The smallest absolute Gasteiger partial charge is 0.231 e. The second-order valence-corrected chi connectivity index (χ2v) is 3.97. The van der Waals surface area contributed by atoms with Gasteiger partial charge in [0, 0.05) is 12.0 Å². The SMILES string of the molecule is CCNC(=S)NC(=O)C(C)(C)C. The van der Waals surface area contributed by atoms with E-state index in [1.807, 2.05) is 27.7 Å². The third-order valence-electron chi connectivity index (χ3n) is 1.25. The van der Waals surface area contributed by atoms with Gasteiger partial charge in [-0.15, -0.1) is 0 Å². The van der Waals surface area contributed by atoms with Gasteiger partial charge in [0.25, 0.3) is 0 Å². The summed E-state index contributed by atoms with van der Waals surface area (Å²) in [5.74, 6) is -0.0616. The standard InChI is InChI=1S/C8H16N2OS/c1-5-9-7(12)10-6(11)8(2,3)4/h5H2,1-4H3,(H2,9,10,11,12). The Morgan fingerprint density at radius 3 is 2.25 bits per heavy atom. The van der Waals surface area contributed by atoms with Gasteiger partial charge in [-0.1, -0.05) is 20.8 Å². The van der Waals surface area contributed by atoms with Gasteiger partial charge in [0.2, 0.25) is 5.91 Å². The summed E-state index contributed by atoms with van der Waals surface area (Å²) < 4.78 is 0. The first-order chi connectivity index (χ1) is 5.38. The van der Waals surface area contributed by atoms with Crippen LogP contribution in [0.4, 0.5) is 0 Å². The Hall–Kier alpha value is -0.640. The molecule has 0 atom stereocenters. The largest absolute Gasteiger partial charge is 0.363 e. The van der Waals surface area contributed by atoms with Gasteiger partial charge in [-0.25, -0.2) is 0 Å². The molecule has 0 unspecified atom stereocenters. The Morgan fingerprint density at radius 1 is 1.42 bits per heavy atom. The van der Waals surface area contributed by atoms with Gasteiger partial charge in [0.15, 0.2) is 5.11 Å². The zero-order valence-electron chi connectivity index (χ0n) is 8.02. The first-order valence-electron chi connectivity index (χ1n) is 3.97. The fraction of sp³-hybridized carbons (Fsp3) is 0.750. The molecule has 0 saturated heterocycles. The number of carbonyl (C=O) groups excluding carboxylic acids is 1. The van der Waals surface area contributed by atoms with Gasteiger partial charge in [-0.05, 0) is 19.1 Å². The van der Waals surface area contributed by atoms with Crippen molar-refractivity contribution in [3.63, 3.8) is 0 Å². The Kier molecular flexibility index (Phi) is 4.17. The van der Waals surface area contributed by atoms with E-state index in [0.29, 0.717) is 5.11 Å². The van der Waals surface area contributed by atoms with E-state index >= 15 is 0 Å². The normalized spacial score (nSPS) is 10.7. The maximum absolute atomic E-state index is 11.3. The van der Waals surface area contributed by atoms with Crippen LogP contribution >= 0.6 is 12.2 Å². The van der Waals surface area contributed by atoms with E-state index in [9.17, 15) is 4.79 Å². The molecule has 0 aliphatic heterocycles. The van der Waals surface area contributed by atoms with Crippen molar-refractivity contribution in [3.05, 3.63) is 0 Å². The molecular formula is C8H16N2OS. The number of carbonyl (C=O) groups is 1. The van der Waals surface area contributed by atoms with E-state index in [2.05, 4.69) is 10.6 Å². The molecular weight excluding hydrogens is 172 g/mol. The molecule has 70 valence electrons. The van der Waals surface area contributed by atoms with Crippen LogP contribution in [0.5, 0.6) is 0 Å². The van der Waals surface area contributed by atoms with Crippen LogP contribution in [-0.2, 0) is 4.79 Å². The second kappa shape index (κ2) is 4.40. The Morgan fingerprint density at radius 2 is 1.92 bits per heavy atom. The highest BCUT2D eigenvalue weighted by molar-refractivity contribution is 7.80. The van der Waals surface area contributed by atoms with Gasteiger partial charge in [0.1, 0.15) is 0 Å². The second-order valence-electron chi connectivity index (χ2n) is 3.56. The molecule has 3 nitrogen and oxygen atoms in total. The number of amides is 1. The molecule has 0 aromatic rings. The third-order valence-corrected chi connectivity index (χ3v) is 1.49. The molecule has 0 saturated carbocycles. The number of nitrogens with one attached hydrogen (secondary N) is 2. The molecule has 0 aromatic carbocycles. The maximum Gasteiger partial charge on any atom is 0.231 e. The van der Waals surface area contributed by atoms with Crippen LogP contribution in [0.3, 0.4) is 0 Å². The molecule has 0 aliphatic carbocycles. The summed E-state index contributed by atoms with van der Waals surface area (Å²) in [4.78, 5) is 11.3. The number of hydrogen-bond acceptors (Lipinski definition) is 2. The topological polar surface area (TPSA) is 41.1 Å². The molecule has 0 radical (unpaired) electrons. The highest BCUT2D eigenvalue weighted by atomic mass is 32.1. The number of hydrogen-bond donors (Lipinski definition) is 2. The van der Waals surface area contributed by atoms with E-state index in [1.165, 1.54) is 0 Å². The van der Waals surface area contributed by atoms with Gasteiger partial charge in [-0.3, -0.25) is 4.79 Å². The van der Waals surface area contributed by atoms with Crippen LogP contribution < -0.4 is 10.6 Å². The van der Waals surface area contributed by atoms with E-state index in [1.54, 1.807) is 0 Å². The number of thiocarbonyl (C=S) groups is 1. The van der Waals surface area contributed by atoms with Crippen LogP contribution in [0.25, 0.3) is 0 Å². The number of rotatable bonds is 1. The van der Waals surface area contributed by atoms with E-state index in [0.717, 1.165) is 6.54 Å². The molecule has 4 heteroatoms. The lowest BCUT2D eigenvalue weighted by Gasteiger charge is -2.18. The van der Waals surface area contributed by atoms with Gasteiger partial charge in [-0.2, -0.15) is 0 Å². The zero-order chi connectivity index (χ0) is 9.78. The molecule has 0 aliphatic rings. The van der Waals surface area contributed by atoms with Crippen LogP contribution in [-0.4, -0.2) is 17.6 Å². The first kappa shape index (κ1) is 11.4. The third kappa shape index (κ3) is 4.28. The molecule has 0 bridgehead atoms. The Bertz CT molecular complexity index is 184. The molecule has 0 heterocycles. The summed E-state index contributed by atoms with van der Waals surface area (Å²) in [7, 11) is 0. The van der Waals surface area contributed by atoms with Crippen LogP contribution in [0, 0.1) is 5.41 Å². The van der Waals surface area contributed by atoms with E-state index in [-0.39, 0.29) is 11.3 Å². The fourth-order valence-electron chi connectivity index (χ4n) is 0.495. The lowest BCUT2D eigenvalue weighted by atomic mass is 9.96. The lowest BCUT2D eigenvalue weighted by Crippen LogP contribution is -2.44. The Balaban J connectivity index is 3.94. The quantitative estimate of drug-likeness (QED) is 0.604. The molecule has 0 rings (SSSR count). The van der Waals surface area contributed by atoms with E-state index < -0.39 is 0 Å². The monoisotopic (exact) mass is 188 g/mol. The average molecular weight is 188 g/mol. The molecule has 0 spiro atoms. The zero-order valence-corrected chi connectivity index (χ0v) is 8.84. The first-order valence-corrected chi connectivity index (χ1v) is 4.38. The maximum atomic E-state index is 11.3. The summed E-state index contributed by atoms with van der Waals surface area (Å²) in [5, 5.41) is 5.85. The van der Waals surface area contributed by atoms with Crippen molar-refractivity contribution >= 4 is 23.2 Å². The van der Waals surface area contributed by atoms with Crippen molar-refractivity contribution in [3.8, 4) is 0 Å². The minimum Gasteiger partial charge on any atom is -0.363 e. The van der Waals surface area contributed by atoms with Gasteiger partial charge in [0.05, 0.1) is 0 Å². The molecule has 0 fully saturated rings. The minimum atomic E-state index is -0.389. The van der Waals surface area contributed by atoms with Crippen molar-refractivity contribution in [1.82, 2.24) is 10.6 Å². The highest BCUT2D eigenvalue weighted by Crippen LogP contribution is 2.11. The van der Waals surface area contributed by atoms with Crippen molar-refractivity contribution in [2.75, 3.05) is 6.54 Å². The summed E-state index contributed by atoms with van der Waals surface area (Å²) in [6.45, 7) is 8.18. The molecule has 1 amide bonds. The average Bonchev–Trinajstić information content (AvgIpc) is 1.85. The van der Waals surface area contributed by atoms with Crippen molar-refractivity contribution in [2.45, 2.75) is 27.7 Å². The fourth-order valence-corrected chi connectivity index (χ4v) is 0.732. The molecule has 0 aromatic heterocycles. The molecule has 12 heavy (non-hydrogen) atoms. The predicted molar refractivity (Wildman–Crippen MR) is 53.9 cm³/mol. The lowest BCUT2D eigenvalue weighted by molar-refractivity contribution is -0.126. The summed E-state index contributed by atoms with van der Waals surface area (Å²) >= 11 is 4.86. The summed E-state index contributed by atoms with van der Waals surface area (Å²) in [6, 6.07) is 0. The van der Waals surface area contributed by atoms with Crippen LogP contribution in [0.1, 0.15) is 27.7 Å². The molecule has 2 N–H and O–H groups in total.